The molecule has 0 saturated heterocycles. The van der Waals surface area contributed by atoms with Gasteiger partial charge in [-0.25, -0.2) is 0 Å². The molecule has 1 heterocycles. The molecule has 4 heteroatoms. The summed E-state index contributed by atoms with van der Waals surface area (Å²) in [5, 5.41) is 4.20. The van der Waals surface area contributed by atoms with Crippen molar-refractivity contribution in [3.63, 3.8) is 0 Å². The van der Waals surface area contributed by atoms with Crippen molar-refractivity contribution in [3.8, 4) is 5.75 Å². The van der Waals surface area contributed by atoms with E-state index >= 15 is 0 Å². The van der Waals surface area contributed by atoms with Crippen LogP contribution in [0, 0.1) is 13.8 Å². The van der Waals surface area contributed by atoms with Gasteiger partial charge in [0.2, 0.25) is 0 Å². The number of rotatable bonds is 4. The SMILES string of the molecule is COc1cc(C)ccc1C(=O)Cn1ccc(C)n1. The van der Waals surface area contributed by atoms with Crippen molar-refractivity contribution in [2.75, 3.05) is 7.11 Å². The summed E-state index contributed by atoms with van der Waals surface area (Å²) >= 11 is 0. The number of carbonyl (C=O) groups excluding carboxylic acids is 1. The second-order valence-corrected chi connectivity index (χ2v) is 4.28. The number of aromatic nitrogens is 2. The van der Waals surface area contributed by atoms with Crippen LogP contribution >= 0.6 is 0 Å². The molecule has 0 spiro atoms. The van der Waals surface area contributed by atoms with Gasteiger partial charge in [0.25, 0.3) is 0 Å². The highest BCUT2D eigenvalue weighted by atomic mass is 16.5. The first-order chi connectivity index (χ1) is 8.60. The number of hydrogen-bond donors (Lipinski definition) is 0. The number of ether oxygens (including phenoxy) is 1. The molecule has 1 aromatic carbocycles. The third-order valence-corrected chi connectivity index (χ3v) is 2.74. The molecular formula is C14H16N2O2. The van der Waals surface area contributed by atoms with E-state index in [1.807, 2.05) is 32.0 Å². The Morgan fingerprint density at radius 3 is 2.72 bits per heavy atom. The van der Waals surface area contributed by atoms with Crippen LogP contribution in [0.4, 0.5) is 0 Å². The van der Waals surface area contributed by atoms with E-state index in [2.05, 4.69) is 5.10 Å². The molecule has 2 aromatic rings. The molecule has 0 radical (unpaired) electrons. The van der Waals surface area contributed by atoms with Gasteiger partial charge < -0.3 is 4.74 Å². The van der Waals surface area contributed by atoms with Gasteiger partial charge in [0, 0.05) is 6.20 Å². The lowest BCUT2D eigenvalue weighted by molar-refractivity contribution is 0.0964. The molecule has 0 aliphatic heterocycles. The molecule has 0 N–H and O–H groups in total. The fraction of sp³-hybridized carbons (Fsp3) is 0.286. The molecule has 2 rings (SSSR count). The Morgan fingerprint density at radius 2 is 2.11 bits per heavy atom. The molecule has 0 fully saturated rings. The van der Waals surface area contributed by atoms with Gasteiger partial charge in [-0.15, -0.1) is 0 Å². The van der Waals surface area contributed by atoms with Gasteiger partial charge in [-0.3, -0.25) is 9.48 Å². The second kappa shape index (κ2) is 5.04. The van der Waals surface area contributed by atoms with Gasteiger partial charge in [0.15, 0.2) is 5.78 Å². The highest BCUT2D eigenvalue weighted by Crippen LogP contribution is 2.20. The van der Waals surface area contributed by atoms with Crippen LogP contribution in [0.1, 0.15) is 21.6 Å². The highest BCUT2D eigenvalue weighted by molar-refractivity contribution is 5.98. The summed E-state index contributed by atoms with van der Waals surface area (Å²) in [4.78, 5) is 12.2. The van der Waals surface area contributed by atoms with E-state index < -0.39 is 0 Å². The van der Waals surface area contributed by atoms with Crippen LogP contribution in [-0.4, -0.2) is 22.7 Å². The number of hydrogen-bond acceptors (Lipinski definition) is 3. The van der Waals surface area contributed by atoms with E-state index in [0.717, 1.165) is 11.3 Å². The topological polar surface area (TPSA) is 44.1 Å². The molecule has 0 aliphatic carbocycles. The highest BCUT2D eigenvalue weighted by Gasteiger charge is 2.13. The molecule has 94 valence electrons. The minimum absolute atomic E-state index is 0.00468. The zero-order valence-corrected chi connectivity index (χ0v) is 10.8. The molecular weight excluding hydrogens is 228 g/mol. The van der Waals surface area contributed by atoms with Crippen molar-refractivity contribution in [2.24, 2.45) is 0 Å². The normalized spacial score (nSPS) is 10.4. The number of nitrogens with zero attached hydrogens (tertiary/aromatic N) is 2. The van der Waals surface area contributed by atoms with E-state index in [0.29, 0.717) is 11.3 Å². The molecule has 0 saturated carbocycles. The zero-order valence-electron chi connectivity index (χ0n) is 10.8. The van der Waals surface area contributed by atoms with Crippen molar-refractivity contribution < 1.29 is 9.53 Å². The van der Waals surface area contributed by atoms with Gasteiger partial charge in [0.05, 0.1) is 18.4 Å². The van der Waals surface area contributed by atoms with Crippen LogP contribution in [0.3, 0.4) is 0 Å². The van der Waals surface area contributed by atoms with Crippen LogP contribution in [0.5, 0.6) is 5.75 Å². The first-order valence-electron chi connectivity index (χ1n) is 5.78. The summed E-state index contributed by atoms with van der Waals surface area (Å²) in [5.74, 6) is 0.610. The fourth-order valence-electron chi connectivity index (χ4n) is 1.81. The lowest BCUT2D eigenvalue weighted by Crippen LogP contribution is -2.12. The summed E-state index contributed by atoms with van der Waals surface area (Å²) in [7, 11) is 1.57. The first-order valence-corrected chi connectivity index (χ1v) is 5.78. The maximum Gasteiger partial charge on any atom is 0.187 e. The van der Waals surface area contributed by atoms with E-state index in [1.165, 1.54) is 0 Å². The fourth-order valence-corrected chi connectivity index (χ4v) is 1.81. The van der Waals surface area contributed by atoms with Gasteiger partial charge in [-0.05, 0) is 37.6 Å². The monoisotopic (exact) mass is 244 g/mol. The lowest BCUT2D eigenvalue weighted by atomic mass is 10.1. The number of ketones is 1. The first kappa shape index (κ1) is 12.4. The van der Waals surface area contributed by atoms with Crippen molar-refractivity contribution >= 4 is 5.78 Å². The Morgan fingerprint density at radius 1 is 1.33 bits per heavy atom. The maximum absolute atomic E-state index is 12.2. The van der Waals surface area contributed by atoms with Crippen LogP contribution in [0.2, 0.25) is 0 Å². The van der Waals surface area contributed by atoms with Crippen LogP contribution in [0.25, 0.3) is 0 Å². The largest absolute Gasteiger partial charge is 0.496 e. The standard InChI is InChI=1S/C14H16N2O2/c1-10-4-5-12(14(8-10)18-3)13(17)9-16-7-6-11(2)15-16/h4-8H,9H2,1-3H3. The molecule has 0 aliphatic rings. The van der Waals surface area contributed by atoms with Gasteiger partial charge in [-0.2, -0.15) is 5.10 Å². The molecule has 18 heavy (non-hydrogen) atoms. The summed E-state index contributed by atoms with van der Waals surface area (Å²) in [5.41, 5.74) is 2.56. The zero-order chi connectivity index (χ0) is 13.1. The van der Waals surface area contributed by atoms with Crippen molar-refractivity contribution in [3.05, 3.63) is 47.3 Å². The molecule has 4 nitrogen and oxygen atoms in total. The van der Waals surface area contributed by atoms with Crippen LogP contribution < -0.4 is 4.74 Å². The number of methoxy groups -OCH3 is 1. The lowest BCUT2D eigenvalue weighted by Gasteiger charge is -2.08. The molecule has 0 bridgehead atoms. The minimum atomic E-state index is -0.00468. The summed E-state index contributed by atoms with van der Waals surface area (Å²) in [6.07, 6.45) is 1.80. The van der Waals surface area contributed by atoms with Crippen molar-refractivity contribution in [1.29, 1.82) is 0 Å². The molecule has 0 atom stereocenters. The van der Waals surface area contributed by atoms with E-state index in [9.17, 15) is 4.79 Å². The molecule has 1 aromatic heterocycles. The maximum atomic E-state index is 12.2. The Hall–Kier alpha value is -2.10. The Balaban J connectivity index is 2.23. The Kier molecular flexibility index (Phi) is 3.46. The summed E-state index contributed by atoms with van der Waals surface area (Å²) in [6.45, 7) is 4.09. The quantitative estimate of drug-likeness (QED) is 0.776. The second-order valence-electron chi connectivity index (χ2n) is 4.28. The third-order valence-electron chi connectivity index (χ3n) is 2.74. The van der Waals surface area contributed by atoms with Gasteiger partial charge >= 0.3 is 0 Å². The van der Waals surface area contributed by atoms with E-state index in [1.54, 1.807) is 24.1 Å². The van der Waals surface area contributed by atoms with E-state index in [4.69, 9.17) is 4.74 Å². The average Bonchev–Trinajstić information content (AvgIpc) is 2.74. The summed E-state index contributed by atoms with van der Waals surface area (Å²) in [6, 6.07) is 7.44. The molecule has 0 amide bonds. The van der Waals surface area contributed by atoms with E-state index in [-0.39, 0.29) is 12.3 Å². The number of benzene rings is 1. The van der Waals surface area contributed by atoms with Crippen molar-refractivity contribution in [1.82, 2.24) is 9.78 Å². The smallest absolute Gasteiger partial charge is 0.187 e. The van der Waals surface area contributed by atoms with Gasteiger partial charge in [0.1, 0.15) is 12.3 Å². The number of carbonyl (C=O) groups is 1. The number of Topliss-reactive ketones (excluding diaryl/α,β-unsaturated/α-hetero) is 1. The minimum Gasteiger partial charge on any atom is -0.496 e. The third kappa shape index (κ3) is 2.59. The number of aryl methyl sites for hydroxylation is 2. The average molecular weight is 244 g/mol. The Labute approximate surface area is 106 Å². The Bertz CT molecular complexity index is 573. The van der Waals surface area contributed by atoms with Crippen molar-refractivity contribution in [2.45, 2.75) is 20.4 Å². The predicted octanol–water partition coefficient (Wildman–Crippen LogP) is 2.39. The molecule has 0 unspecified atom stereocenters. The van der Waals surface area contributed by atoms with Gasteiger partial charge in [-0.1, -0.05) is 6.07 Å². The van der Waals surface area contributed by atoms with Crippen LogP contribution in [-0.2, 0) is 6.54 Å². The van der Waals surface area contributed by atoms with Crippen LogP contribution in [0.15, 0.2) is 30.5 Å². The predicted molar refractivity (Wildman–Crippen MR) is 69.0 cm³/mol. The summed E-state index contributed by atoms with van der Waals surface area (Å²) < 4.78 is 6.88.